The van der Waals surface area contributed by atoms with E-state index >= 15 is 0 Å². The Morgan fingerprint density at radius 3 is 2.75 bits per heavy atom. The van der Waals surface area contributed by atoms with Crippen LogP contribution in [-0.4, -0.2) is 42.3 Å². The van der Waals surface area contributed by atoms with Crippen LogP contribution in [0.15, 0.2) is 24.3 Å². The first kappa shape index (κ1) is 15.8. The molecule has 1 heterocycles. The minimum Gasteiger partial charge on any atom is -0.392 e. The molecular formula is C16H25ClN2O. The monoisotopic (exact) mass is 296 g/mol. The summed E-state index contributed by atoms with van der Waals surface area (Å²) in [6, 6.07) is 8.49. The van der Waals surface area contributed by atoms with Crippen LogP contribution in [0.25, 0.3) is 0 Å². The topological polar surface area (TPSA) is 35.5 Å². The molecule has 4 heteroatoms. The Morgan fingerprint density at radius 2 is 2.15 bits per heavy atom. The number of benzene rings is 1. The predicted molar refractivity (Wildman–Crippen MR) is 84.2 cm³/mol. The summed E-state index contributed by atoms with van der Waals surface area (Å²) in [7, 11) is 0. The molecule has 3 nitrogen and oxygen atoms in total. The van der Waals surface area contributed by atoms with Gasteiger partial charge in [-0.3, -0.25) is 0 Å². The molecule has 2 rings (SSSR count). The lowest BCUT2D eigenvalue weighted by Crippen LogP contribution is -2.29. The van der Waals surface area contributed by atoms with E-state index in [1.807, 2.05) is 12.1 Å². The van der Waals surface area contributed by atoms with Crippen molar-refractivity contribution in [3.05, 3.63) is 34.9 Å². The van der Waals surface area contributed by atoms with Crippen LogP contribution < -0.4 is 5.32 Å². The van der Waals surface area contributed by atoms with E-state index in [0.29, 0.717) is 6.04 Å². The van der Waals surface area contributed by atoms with Gasteiger partial charge in [0.15, 0.2) is 0 Å². The number of nitrogens with one attached hydrogen (secondary N) is 1. The van der Waals surface area contributed by atoms with Crippen molar-refractivity contribution in [2.75, 3.05) is 26.2 Å². The summed E-state index contributed by atoms with van der Waals surface area (Å²) in [6.07, 6.45) is 2.97. The van der Waals surface area contributed by atoms with Crippen molar-refractivity contribution >= 4 is 11.6 Å². The number of halogens is 1. The predicted octanol–water partition coefficient (Wildman–Crippen LogP) is 2.84. The smallest absolute Gasteiger partial charge is 0.0679 e. The average molecular weight is 297 g/mol. The molecule has 1 aliphatic rings. The van der Waals surface area contributed by atoms with E-state index in [9.17, 15) is 5.11 Å². The fourth-order valence-corrected chi connectivity index (χ4v) is 2.85. The molecule has 0 aromatic heterocycles. The summed E-state index contributed by atoms with van der Waals surface area (Å²) in [4.78, 5) is 2.35. The third kappa shape index (κ3) is 4.74. The molecule has 2 N–H and O–H groups in total. The van der Waals surface area contributed by atoms with Crippen molar-refractivity contribution in [1.29, 1.82) is 0 Å². The molecule has 1 saturated heterocycles. The minimum absolute atomic E-state index is 0.132. The Hall–Kier alpha value is -0.610. The molecule has 112 valence electrons. The van der Waals surface area contributed by atoms with Gasteiger partial charge in [0.25, 0.3) is 0 Å². The van der Waals surface area contributed by atoms with Gasteiger partial charge < -0.3 is 15.3 Å². The van der Waals surface area contributed by atoms with Gasteiger partial charge in [0.2, 0.25) is 0 Å². The third-order valence-corrected chi connectivity index (χ3v) is 4.15. The van der Waals surface area contributed by atoms with Crippen LogP contribution in [0.4, 0.5) is 0 Å². The summed E-state index contributed by atoms with van der Waals surface area (Å²) in [5, 5.41) is 14.0. The van der Waals surface area contributed by atoms with Crippen molar-refractivity contribution in [3.8, 4) is 0 Å². The lowest BCUT2D eigenvalue weighted by molar-refractivity contribution is 0.174. The standard InChI is InChI=1S/C16H25ClN2O/c1-2-9-18-16(13-3-5-14(17)6-4-13)8-11-19-10-7-15(20)12-19/h3-6,15-16,18,20H,2,7-12H2,1H3. The van der Waals surface area contributed by atoms with Gasteiger partial charge >= 0.3 is 0 Å². The average Bonchev–Trinajstić information content (AvgIpc) is 2.86. The maximum Gasteiger partial charge on any atom is 0.0679 e. The molecule has 2 unspecified atom stereocenters. The first-order valence-corrected chi connectivity index (χ1v) is 7.96. The number of hydrogen-bond donors (Lipinski definition) is 2. The summed E-state index contributed by atoms with van der Waals surface area (Å²) >= 11 is 5.96. The van der Waals surface area contributed by atoms with Crippen molar-refractivity contribution in [3.63, 3.8) is 0 Å². The van der Waals surface area contributed by atoms with E-state index in [1.165, 1.54) is 5.56 Å². The zero-order valence-corrected chi connectivity index (χ0v) is 12.9. The van der Waals surface area contributed by atoms with Gasteiger partial charge in [-0.15, -0.1) is 0 Å². The van der Waals surface area contributed by atoms with Crippen LogP contribution in [0.1, 0.15) is 37.8 Å². The summed E-state index contributed by atoms with van der Waals surface area (Å²) in [6.45, 7) is 6.07. The molecular weight excluding hydrogens is 272 g/mol. The first-order valence-electron chi connectivity index (χ1n) is 7.58. The number of aliphatic hydroxyl groups is 1. The van der Waals surface area contributed by atoms with Crippen LogP contribution in [0.3, 0.4) is 0 Å². The highest BCUT2D eigenvalue weighted by Crippen LogP contribution is 2.21. The fraction of sp³-hybridized carbons (Fsp3) is 0.625. The molecule has 1 aromatic carbocycles. The molecule has 1 fully saturated rings. The van der Waals surface area contributed by atoms with E-state index in [4.69, 9.17) is 11.6 Å². The Balaban J connectivity index is 1.91. The molecule has 0 spiro atoms. The number of hydrogen-bond acceptors (Lipinski definition) is 3. The van der Waals surface area contributed by atoms with Crippen molar-refractivity contribution in [2.24, 2.45) is 0 Å². The Bertz CT molecular complexity index is 396. The highest BCUT2D eigenvalue weighted by Gasteiger charge is 2.21. The number of rotatable bonds is 7. The summed E-state index contributed by atoms with van der Waals surface area (Å²) < 4.78 is 0. The second kappa shape index (κ2) is 7.99. The second-order valence-electron chi connectivity index (χ2n) is 5.59. The zero-order valence-electron chi connectivity index (χ0n) is 12.2. The van der Waals surface area contributed by atoms with Crippen LogP contribution in [0, 0.1) is 0 Å². The molecule has 0 aliphatic carbocycles. The second-order valence-corrected chi connectivity index (χ2v) is 6.03. The molecule has 0 saturated carbocycles. The number of likely N-dealkylation sites (tertiary alicyclic amines) is 1. The normalized spacial score (nSPS) is 21.2. The highest BCUT2D eigenvalue weighted by molar-refractivity contribution is 6.30. The highest BCUT2D eigenvalue weighted by atomic mass is 35.5. The lowest BCUT2D eigenvalue weighted by atomic mass is 10.0. The van der Waals surface area contributed by atoms with Gasteiger partial charge in [0, 0.05) is 30.7 Å². The van der Waals surface area contributed by atoms with E-state index in [2.05, 4.69) is 29.3 Å². The van der Waals surface area contributed by atoms with Crippen LogP contribution in [0.2, 0.25) is 5.02 Å². The Labute approximate surface area is 126 Å². The molecule has 1 aliphatic heterocycles. The molecule has 1 aromatic rings. The van der Waals surface area contributed by atoms with Gasteiger partial charge in [-0.1, -0.05) is 30.7 Å². The van der Waals surface area contributed by atoms with Crippen LogP contribution in [0.5, 0.6) is 0 Å². The largest absolute Gasteiger partial charge is 0.392 e. The van der Waals surface area contributed by atoms with Crippen LogP contribution in [-0.2, 0) is 0 Å². The van der Waals surface area contributed by atoms with E-state index in [-0.39, 0.29) is 6.10 Å². The Kier molecular flexibility index (Phi) is 6.30. The number of nitrogens with zero attached hydrogens (tertiary/aromatic N) is 1. The van der Waals surface area contributed by atoms with E-state index in [1.54, 1.807) is 0 Å². The summed E-state index contributed by atoms with van der Waals surface area (Å²) in [5.74, 6) is 0. The van der Waals surface area contributed by atoms with Gasteiger partial charge in [-0.25, -0.2) is 0 Å². The van der Waals surface area contributed by atoms with Gasteiger partial charge in [-0.05, 0) is 43.5 Å². The van der Waals surface area contributed by atoms with Crippen molar-refractivity contribution < 1.29 is 5.11 Å². The van der Waals surface area contributed by atoms with Gasteiger partial charge in [-0.2, -0.15) is 0 Å². The van der Waals surface area contributed by atoms with Gasteiger partial charge in [0.1, 0.15) is 0 Å². The lowest BCUT2D eigenvalue weighted by Gasteiger charge is -2.22. The maximum atomic E-state index is 9.58. The fourth-order valence-electron chi connectivity index (χ4n) is 2.73. The Morgan fingerprint density at radius 1 is 1.40 bits per heavy atom. The van der Waals surface area contributed by atoms with E-state index in [0.717, 1.165) is 50.5 Å². The molecule has 2 atom stereocenters. The number of β-amino-alcohol motifs (C(OH)–C–C–N with tert-alkyl or cyclic N) is 1. The molecule has 0 bridgehead atoms. The quantitative estimate of drug-likeness (QED) is 0.812. The van der Waals surface area contributed by atoms with Crippen molar-refractivity contribution in [1.82, 2.24) is 10.2 Å². The SMILES string of the molecule is CCCNC(CCN1CCC(O)C1)c1ccc(Cl)cc1. The van der Waals surface area contributed by atoms with E-state index < -0.39 is 0 Å². The molecule has 20 heavy (non-hydrogen) atoms. The third-order valence-electron chi connectivity index (χ3n) is 3.89. The van der Waals surface area contributed by atoms with Crippen molar-refractivity contribution in [2.45, 2.75) is 38.3 Å². The summed E-state index contributed by atoms with van der Waals surface area (Å²) in [5.41, 5.74) is 1.29. The zero-order chi connectivity index (χ0) is 14.4. The maximum absolute atomic E-state index is 9.58. The molecule has 0 radical (unpaired) electrons. The van der Waals surface area contributed by atoms with Gasteiger partial charge in [0.05, 0.1) is 6.10 Å². The van der Waals surface area contributed by atoms with Crippen LogP contribution >= 0.6 is 11.6 Å². The first-order chi connectivity index (χ1) is 9.69. The number of aliphatic hydroxyl groups excluding tert-OH is 1. The minimum atomic E-state index is -0.132. The molecule has 0 amide bonds.